The number of pyridine rings is 1. The van der Waals surface area contributed by atoms with Crippen molar-refractivity contribution in [3.05, 3.63) is 39.1 Å². The molecule has 1 aliphatic carbocycles. The lowest BCUT2D eigenvalue weighted by molar-refractivity contribution is 0.713. The van der Waals surface area contributed by atoms with Gasteiger partial charge in [0.1, 0.15) is 5.15 Å². The van der Waals surface area contributed by atoms with Crippen molar-refractivity contribution in [3.63, 3.8) is 0 Å². The maximum Gasteiger partial charge on any atom is 0.129 e. The van der Waals surface area contributed by atoms with Gasteiger partial charge in [-0.25, -0.2) is 4.98 Å². The van der Waals surface area contributed by atoms with Gasteiger partial charge in [0.05, 0.1) is 0 Å². The van der Waals surface area contributed by atoms with E-state index in [4.69, 9.17) is 17.3 Å². The van der Waals surface area contributed by atoms with Crippen LogP contribution in [0.5, 0.6) is 0 Å². The number of nitrogens with zero attached hydrogens (tertiary/aromatic N) is 1. The number of hydrogen-bond acceptors (Lipinski definition) is 2. The number of rotatable bonds is 0. The third-order valence-corrected chi connectivity index (χ3v) is 4.05. The fourth-order valence-corrected chi connectivity index (χ4v) is 3.12. The van der Waals surface area contributed by atoms with Crippen LogP contribution in [-0.2, 0) is 6.42 Å². The van der Waals surface area contributed by atoms with Gasteiger partial charge in [-0.05, 0) is 36.1 Å². The lowest BCUT2D eigenvalue weighted by Gasteiger charge is -2.09. The van der Waals surface area contributed by atoms with Gasteiger partial charge in [0.25, 0.3) is 0 Å². The number of fused-ring (bicyclic) bond motifs is 3. The van der Waals surface area contributed by atoms with Gasteiger partial charge in [-0.1, -0.05) is 27.5 Å². The van der Waals surface area contributed by atoms with Crippen molar-refractivity contribution in [2.24, 2.45) is 5.73 Å². The predicted molar refractivity (Wildman–Crippen MR) is 69.7 cm³/mol. The molecule has 82 valence electrons. The molecule has 0 radical (unpaired) electrons. The zero-order valence-corrected chi connectivity index (χ0v) is 10.8. The van der Waals surface area contributed by atoms with Gasteiger partial charge in [0.2, 0.25) is 0 Å². The minimum absolute atomic E-state index is 0.159. The van der Waals surface area contributed by atoms with E-state index in [1.807, 2.05) is 12.3 Å². The summed E-state index contributed by atoms with van der Waals surface area (Å²) in [6, 6.07) is 4.17. The zero-order chi connectivity index (χ0) is 11.3. The third-order valence-electron chi connectivity index (χ3n) is 3.19. The molecular weight excluding hydrogens is 288 g/mol. The smallest absolute Gasteiger partial charge is 0.129 e. The molecule has 3 rings (SSSR count). The molecule has 0 aliphatic heterocycles. The van der Waals surface area contributed by atoms with E-state index in [0.29, 0.717) is 5.15 Å². The summed E-state index contributed by atoms with van der Waals surface area (Å²) >= 11 is 9.48. The van der Waals surface area contributed by atoms with Crippen LogP contribution < -0.4 is 5.73 Å². The fraction of sp³-hybridized carbons (Fsp3) is 0.250. The highest BCUT2D eigenvalue weighted by Gasteiger charge is 2.22. The van der Waals surface area contributed by atoms with Crippen molar-refractivity contribution in [2.75, 3.05) is 0 Å². The Labute approximate surface area is 107 Å². The van der Waals surface area contributed by atoms with Gasteiger partial charge in [-0.15, -0.1) is 0 Å². The van der Waals surface area contributed by atoms with Crippen LogP contribution in [0, 0.1) is 0 Å². The van der Waals surface area contributed by atoms with Gasteiger partial charge in [0, 0.05) is 27.5 Å². The van der Waals surface area contributed by atoms with E-state index in [1.54, 1.807) is 0 Å². The van der Waals surface area contributed by atoms with E-state index < -0.39 is 0 Å². The SMILES string of the molecule is NC1CCc2c1cc(Br)c1cc(Cl)ncc21. The second-order valence-corrected chi connectivity index (χ2v) is 5.37. The highest BCUT2D eigenvalue weighted by molar-refractivity contribution is 9.10. The first kappa shape index (κ1) is 10.5. The molecule has 0 bridgehead atoms. The van der Waals surface area contributed by atoms with Crippen LogP contribution in [0.15, 0.2) is 22.8 Å². The second-order valence-electron chi connectivity index (χ2n) is 4.12. The van der Waals surface area contributed by atoms with Gasteiger partial charge in [0.15, 0.2) is 0 Å². The summed E-state index contributed by atoms with van der Waals surface area (Å²) in [5.74, 6) is 0. The Morgan fingerprint density at radius 2 is 2.19 bits per heavy atom. The predicted octanol–water partition coefficient (Wildman–Crippen LogP) is 3.60. The van der Waals surface area contributed by atoms with E-state index in [1.165, 1.54) is 16.5 Å². The molecule has 1 heterocycles. The van der Waals surface area contributed by atoms with Crippen molar-refractivity contribution in [2.45, 2.75) is 18.9 Å². The Bertz CT molecular complexity index is 583. The lowest BCUT2D eigenvalue weighted by atomic mass is 10.0. The summed E-state index contributed by atoms with van der Waals surface area (Å²) in [6.07, 6.45) is 3.90. The molecule has 1 aromatic heterocycles. The summed E-state index contributed by atoms with van der Waals surface area (Å²) in [6.45, 7) is 0. The van der Waals surface area contributed by atoms with E-state index in [2.05, 4.69) is 27.0 Å². The first-order chi connectivity index (χ1) is 7.66. The minimum Gasteiger partial charge on any atom is -0.324 e. The maximum atomic E-state index is 6.07. The molecule has 1 aliphatic rings. The Hall–Kier alpha value is -0.640. The topological polar surface area (TPSA) is 38.9 Å². The Balaban J connectivity index is 2.41. The number of aromatic nitrogens is 1. The van der Waals surface area contributed by atoms with Gasteiger partial charge in [-0.3, -0.25) is 0 Å². The van der Waals surface area contributed by atoms with Crippen molar-refractivity contribution in [1.82, 2.24) is 4.98 Å². The van der Waals surface area contributed by atoms with E-state index in [-0.39, 0.29) is 6.04 Å². The fourth-order valence-electron chi connectivity index (χ4n) is 2.39. The molecule has 0 saturated carbocycles. The van der Waals surface area contributed by atoms with Gasteiger partial charge >= 0.3 is 0 Å². The molecule has 0 fully saturated rings. The van der Waals surface area contributed by atoms with Crippen molar-refractivity contribution >= 4 is 38.3 Å². The third kappa shape index (κ3) is 1.46. The number of nitrogens with two attached hydrogens (primary N) is 1. The summed E-state index contributed by atoms with van der Waals surface area (Å²) < 4.78 is 1.04. The first-order valence-corrected chi connectivity index (χ1v) is 6.36. The largest absolute Gasteiger partial charge is 0.324 e. The molecule has 0 spiro atoms. The van der Waals surface area contributed by atoms with Crippen LogP contribution in [0.1, 0.15) is 23.6 Å². The van der Waals surface area contributed by atoms with Crippen molar-refractivity contribution in [3.8, 4) is 0 Å². The molecular formula is C12H10BrClN2. The summed E-state index contributed by atoms with van der Waals surface area (Å²) in [7, 11) is 0. The molecule has 1 atom stereocenters. The van der Waals surface area contributed by atoms with Crippen LogP contribution >= 0.6 is 27.5 Å². The average Bonchev–Trinajstić information content (AvgIpc) is 2.61. The van der Waals surface area contributed by atoms with Crippen molar-refractivity contribution in [1.29, 1.82) is 0 Å². The molecule has 1 unspecified atom stereocenters. The lowest BCUT2D eigenvalue weighted by Crippen LogP contribution is -2.05. The summed E-state index contributed by atoms with van der Waals surface area (Å²) in [5.41, 5.74) is 8.64. The monoisotopic (exact) mass is 296 g/mol. The van der Waals surface area contributed by atoms with Crippen molar-refractivity contribution < 1.29 is 0 Å². The Kier molecular flexibility index (Phi) is 2.42. The van der Waals surface area contributed by atoms with Gasteiger partial charge in [-0.2, -0.15) is 0 Å². The van der Waals surface area contributed by atoms with E-state index in [0.717, 1.165) is 22.7 Å². The van der Waals surface area contributed by atoms with Crippen LogP contribution in [0.25, 0.3) is 10.8 Å². The molecule has 16 heavy (non-hydrogen) atoms. The first-order valence-electron chi connectivity index (χ1n) is 5.19. The quantitative estimate of drug-likeness (QED) is 0.755. The Morgan fingerprint density at radius 3 is 3.00 bits per heavy atom. The van der Waals surface area contributed by atoms with Crippen LogP contribution in [-0.4, -0.2) is 4.98 Å². The minimum atomic E-state index is 0.159. The normalized spacial score (nSPS) is 19.1. The Morgan fingerprint density at radius 1 is 1.38 bits per heavy atom. The summed E-state index contributed by atoms with van der Waals surface area (Å²) in [4.78, 5) is 4.15. The zero-order valence-electron chi connectivity index (χ0n) is 8.50. The number of halogens is 2. The molecule has 0 amide bonds. The van der Waals surface area contributed by atoms with Gasteiger partial charge < -0.3 is 5.73 Å². The number of aryl methyl sites for hydroxylation is 1. The standard InChI is InChI=1S/C12H10BrClN2/c13-10-3-8-6(1-2-11(8)15)9-5-16-12(14)4-7(9)10/h3-5,11H,1-2,15H2. The van der Waals surface area contributed by atoms with Crippen LogP contribution in [0.3, 0.4) is 0 Å². The van der Waals surface area contributed by atoms with Crippen LogP contribution in [0.4, 0.5) is 0 Å². The number of hydrogen-bond donors (Lipinski definition) is 1. The molecule has 4 heteroatoms. The highest BCUT2D eigenvalue weighted by Crippen LogP contribution is 2.38. The molecule has 2 nitrogen and oxygen atoms in total. The molecule has 2 N–H and O–H groups in total. The highest BCUT2D eigenvalue weighted by atomic mass is 79.9. The summed E-state index contributed by atoms with van der Waals surface area (Å²) in [5, 5.41) is 2.81. The van der Waals surface area contributed by atoms with Crippen LogP contribution in [0.2, 0.25) is 5.15 Å². The van der Waals surface area contributed by atoms with E-state index >= 15 is 0 Å². The molecule has 2 aromatic rings. The van der Waals surface area contributed by atoms with E-state index in [9.17, 15) is 0 Å². The molecule has 1 aromatic carbocycles. The molecule has 0 saturated heterocycles. The second kappa shape index (κ2) is 3.69. The number of benzene rings is 1. The maximum absolute atomic E-state index is 6.07. The average molecular weight is 298 g/mol.